The number of rotatable bonds is 8. The normalized spacial score (nSPS) is 12.0. The van der Waals surface area contributed by atoms with Crippen LogP contribution in [-0.4, -0.2) is 44.0 Å². The minimum Gasteiger partial charge on any atom is -0.469 e. The van der Waals surface area contributed by atoms with E-state index in [1.54, 1.807) is 12.1 Å². The molecule has 1 rings (SSSR count). The highest BCUT2D eigenvalue weighted by molar-refractivity contribution is 5.78. The summed E-state index contributed by atoms with van der Waals surface area (Å²) in [4.78, 5) is 24.6. The maximum absolute atomic E-state index is 12.9. The molecule has 0 radical (unpaired) electrons. The van der Waals surface area contributed by atoms with E-state index in [2.05, 4.69) is 10.1 Å². The number of hydrogen-bond acceptors (Lipinski definition) is 4. The van der Waals surface area contributed by atoms with Gasteiger partial charge in [0, 0.05) is 19.0 Å². The number of ether oxygens (including phenoxy) is 1. The van der Waals surface area contributed by atoms with E-state index in [0.717, 1.165) is 5.56 Å². The smallest absolute Gasteiger partial charge is 0.305 e. The molecule has 0 heterocycles. The molecule has 1 unspecified atom stereocenters. The second-order valence-electron chi connectivity index (χ2n) is 5.17. The van der Waals surface area contributed by atoms with Gasteiger partial charge in [-0.2, -0.15) is 0 Å². The highest BCUT2D eigenvalue weighted by atomic mass is 19.1. The maximum Gasteiger partial charge on any atom is 0.305 e. The quantitative estimate of drug-likeness (QED) is 0.588. The summed E-state index contributed by atoms with van der Waals surface area (Å²) in [5, 5.41) is 2.76. The highest BCUT2D eigenvalue weighted by Gasteiger charge is 2.14. The summed E-state index contributed by atoms with van der Waals surface area (Å²) in [7, 11) is 3.18. The van der Waals surface area contributed by atoms with E-state index in [0.29, 0.717) is 19.4 Å². The topological polar surface area (TPSA) is 58.6 Å². The van der Waals surface area contributed by atoms with Crippen molar-refractivity contribution in [2.45, 2.75) is 25.8 Å². The molecule has 0 aliphatic carbocycles. The number of likely N-dealkylation sites (N-methyl/N-ethyl adjacent to an activating group) is 1. The highest BCUT2D eigenvalue weighted by Crippen LogP contribution is 2.18. The van der Waals surface area contributed by atoms with Gasteiger partial charge < -0.3 is 10.1 Å². The first-order chi connectivity index (χ1) is 10.4. The molecule has 0 saturated carbocycles. The van der Waals surface area contributed by atoms with Crippen LogP contribution >= 0.6 is 0 Å². The molecule has 1 aromatic carbocycles. The number of benzene rings is 1. The van der Waals surface area contributed by atoms with E-state index in [4.69, 9.17) is 0 Å². The molecule has 6 heteroatoms. The van der Waals surface area contributed by atoms with Crippen LogP contribution in [0.3, 0.4) is 0 Å². The van der Waals surface area contributed by atoms with Crippen LogP contribution in [0.25, 0.3) is 0 Å². The summed E-state index contributed by atoms with van der Waals surface area (Å²) in [6.07, 6.45) is 0.842. The van der Waals surface area contributed by atoms with Crippen molar-refractivity contribution in [1.29, 1.82) is 0 Å². The summed E-state index contributed by atoms with van der Waals surface area (Å²) in [5.74, 6) is -0.667. The van der Waals surface area contributed by atoms with Gasteiger partial charge in [-0.3, -0.25) is 14.5 Å². The molecule has 1 N–H and O–H groups in total. The van der Waals surface area contributed by atoms with Crippen molar-refractivity contribution in [3.05, 3.63) is 35.6 Å². The summed E-state index contributed by atoms with van der Waals surface area (Å²) in [6.45, 7) is 2.63. The predicted molar refractivity (Wildman–Crippen MR) is 81.7 cm³/mol. The molecule has 1 aromatic rings. The number of halogens is 1. The summed E-state index contributed by atoms with van der Waals surface area (Å²) < 4.78 is 17.4. The van der Waals surface area contributed by atoms with Crippen LogP contribution < -0.4 is 5.32 Å². The number of methoxy groups -OCH3 is 1. The first-order valence-corrected chi connectivity index (χ1v) is 7.23. The van der Waals surface area contributed by atoms with E-state index in [1.807, 2.05) is 18.9 Å². The van der Waals surface area contributed by atoms with Crippen LogP contribution in [0.15, 0.2) is 24.3 Å². The Balaban J connectivity index is 2.34. The minimum atomic E-state index is -0.281. The number of nitrogens with zero attached hydrogens (tertiary/aromatic N) is 1. The molecule has 1 amide bonds. The van der Waals surface area contributed by atoms with E-state index >= 15 is 0 Å². The third-order valence-electron chi connectivity index (χ3n) is 3.51. The van der Waals surface area contributed by atoms with Crippen LogP contribution in [0.2, 0.25) is 0 Å². The van der Waals surface area contributed by atoms with Crippen molar-refractivity contribution in [2.75, 3.05) is 27.2 Å². The van der Waals surface area contributed by atoms with Gasteiger partial charge in [0.25, 0.3) is 0 Å². The zero-order valence-electron chi connectivity index (χ0n) is 13.3. The molecule has 0 spiro atoms. The fourth-order valence-electron chi connectivity index (χ4n) is 1.98. The molecular formula is C16H23FN2O3. The summed E-state index contributed by atoms with van der Waals surface area (Å²) in [6, 6.07) is 6.25. The second-order valence-corrected chi connectivity index (χ2v) is 5.17. The molecule has 22 heavy (non-hydrogen) atoms. The first kappa shape index (κ1) is 18.1. The molecule has 0 aliphatic rings. The fraction of sp³-hybridized carbons (Fsp3) is 0.500. The van der Waals surface area contributed by atoms with E-state index < -0.39 is 0 Å². The average molecular weight is 310 g/mol. The molecule has 1 atom stereocenters. The molecular weight excluding hydrogens is 287 g/mol. The number of carbonyl (C=O) groups excluding carboxylic acids is 2. The van der Waals surface area contributed by atoms with Gasteiger partial charge in [-0.15, -0.1) is 0 Å². The molecule has 0 saturated heterocycles. The van der Waals surface area contributed by atoms with Crippen LogP contribution in [0.1, 0.15) is 31.4 Å². The third-order valence-corrected chi connectivity index (χ3v) is 3.51. The first-order valence-electron chi connectivity index (χ1n) is 7.23. The van der Waals surface area contributed by atoms with Gasteiger partial charge in [0.05, 0.1) is 13.7 Å². The number of esters is 1. The summed E-state index contributed by atoms with van der Waals surface area (Å²) in [5.41, 5.74) is 0.947. The van der Waals surface area contributed by atoms with Crippen LogP contribution in [0.5, 0.6) is 0 Å². The summed E-state index contributed by atoms with van der Waals surface area (Å²) >= 11 is 0. The van der Waals surface area contributed by atoms with Crippen molar-refractivity contribution >= 4 is 11.9 Å². The van der Waals surface area contributed by atoms with Gasteiger partial charge in [-0.25, -0.2) is 4.39 Å². The Morgan fingerprint density at radius 3 is 2.55 bits per heavy atom. The van der Waals surface area contributed by atoms with E-state index in [1.165, 1.54) is 19.2 Å². The maximum atomic E-state index is 12.9. The Bertz CT molecular complexity index is 491. The van der Waals surface area contributed by atoms with Gasteiger partial charge in [-0.05, 0) is 38.1 Å². The number of hydrogen-bond donors (Lipinski definition) is 1. The molecule has 0 aliphatic heterocycles. The Hall–Kier alpha value is -1.95. The van der Waals surface area contributed by atoms with Crippen molar-refractivity contribution in [1.82, 2.24) is 10.2 Å². The molecule has 122 valence electrons. The Morgan fingerprint density at radius 1 is 1.32 bits per heavy atom. The second kappa shape index (κ2) is 9.15. The average Bonchev–Trinajstić information content (AvgIpc) is 2.51. The van der Waals surface area contributed by atoms with E-state index in [-0.39, 0.29) is 30.3 Å². The fourth-order valence-corrected chi connectivity index (χ4v) is 1.98. The molecule has 0 aromatic heterocycles. The van der Waals surface area contributed by atoms with Crippen molar-refractivity contribution in [2.24, 2.45) is 0 Å². The van der Waals surface area contributed by atoms with Crippen molar-refractivity contribution in [3.8, 4) is 0 Å². The molecule has 0 bridgehead atoms. The Morgan fingerprint density at radius 2 is 1.95 bits per heavy atom. The number of nitrogens with one attached hydrogen (secondary N) is 1. The van der Waals surface area contributed by atoms with Crippen molar-refractivity contribution in [3.63, 3.8) is 0 Å². The number of carbonyl (C=O) groups is 2. The lowest BCUT2D eigenvalue weighted by atomic mass is 10.1. The van der Waals surface area contributed by atoms with Crippen molar-refractivity contribution < 1.29 is 18.7 Å². The van der Waals surface area contributed by atoms with E-state index in [9.17, 15) is 14.0 Å². The largest absolute Gasteiger partial charge is 0.469 e. The predicted octanol–water partition coefficient (Wildman–Crippen LogP) is 1.89. The third kappa shape index (κ3) is 6.22. The monoisotopic (exact) mass is 310 g/mol. The Kier molecular flexibility index (Phi) is 7.52. The standard InChI is InChI=1S/C16H23FN2O3/c1-12(13-6-8-14(17)9-7-13)19(2)11-15(20)18-10-4-5-16(21)22-3/h6-9,12H,4-5,10-11H2,1-3H3,(H,18,20). The van der Waals surface area contributed by atoms with Gasteiger partial charge in [-0.1, -0.05) is 12.1 Å². The number of amides is 1. The minimum absolute atomic E-state index is 0.00131. The molecule has 0 fully saturated rings. The van der Waals surface area contributed by atoms with Gasteiger partial charge in [0.15, 0.2) is 0 Å². The van der Waals surface area contributed by atoms with Gasteiger partial charge in [0.1, 0.15) is 5.82 Å². The van der Waals surface area contributed by atoms with Gasteiger partial charge in [0.2, 0.25) is 5.91 Å². The lowest BCUT2D eigenvalue weighted by molar-refractivity contribution is -0.140. The zero-order chi connectivity index (χ0) is 16.5. The van der Waals surface area contributed by atoms with Crippen LogP contribution in [0.4, 0.5) is 4.39 Å². The van der Waals surface area contributed by atoms with Gasteiger partial charge >= 0.3 is 5.97 Å². The lowest BCUT2D eigenvalue weighted by Gasteiger charge is -2.24. The Labute approximate surface area is 130 Å². The zero-order valence-corrected chi connectivity index (χ0v) is 13.3. The van der Waals surface area contributed by atoms with Crippen LogP contribution in [-0.2, 0) is 14.3 Å². The van der Waals surface area contributed by atoms with Crippen LogP contribution in [0, 0.1) is 5.82 Å². The molecule has 5 nitrogen and oxygen atoms in total. The SMILES string of the molecule is COC(=O)CCCNC(=O)CN(C)C(C)c1ccc(F)cc1. The lowest BCUT2D eigenvalue weighted by Crippen LogP contribution is -2.36.